The molecule has 1 aliphatic rings. The molecular weight excluding hydrogens is 190 g/mol. The Bertz CT molecular complexity index is 116. The van der Waals surface area contributed by atoms with E-state index in [2.05, 4.69) is 0 Å². The lowest BCUT2D eigenvalue weighted by Gasteiger charge is -2.25. The predicted molar refractivity (Wildman–Crippen MR) is 55.3 cm³/mol. The summed E-state index contributed by atoms with van der Waals surface area (Å²) in [6.07, 6.45) is 4.88. The lowest BCUT2D eigenvalue weighted by atomic mass is 9.94. The van der Waals surface area contributed by atoms with Crippen LogP contribution in [0.2, 0.25) is 0 Å². The molecule has 0 amide bonds. The van der Waals surface area contributed by atoms with Crippen LogP contribution in [0, 0.1) is 0 Å². The minimum Gasteiger partial charge on any atom is -0.382 e. The SMILES string of the molecule is COCCOC1CCC(N)CC1.Cl. The van der Waals surface area contributed by atoms with Crippen molar-refractivity contribution in [1.29, 1.82) is 0 Å². The third-order valence-corrected chi connectivity index (χ3v) is 2.36. The van der Waals surface area contributed by atoms with Crippen LogP contribution < -0.4 is 5.73 Å². The van der Waals surface area contributed by atoms with Gasteiger partial charge in [0, 0.05) is 13.2 Å². The lowest BCUT2D eigenvalue weighted by Crippen LogP contribution is -2.30. The molecule has 1 aliphatic carbocycles. The molecule has 0 radical (unpaired) electrons. The Labute approximate surface area is 86.4 Å². The number of hydrogen-bond acceptors (Lipinski definition) is 3. The van der Waals surface area contributed by atoms with Gasteiger partial charge in [0.1, 0.15) is 0 Å². The van der Waals surface area contributed by atoms with Crippen LogP contribution in [-0.4, -0.2) is 32.5 Å². The molecule has 0 aromatic carbocycles. The van der Waals surface area contributed by atoms with E-state index in [0.717, 1.165) is 32.3 Å². The molecule has 1 fully saturated rings. The van der Waals surface area contributed by atoms with E-state index in [4.69, 9.17) is 15.2 Å². The second-order valence-corrected chi connectivity index (χ2v) is 3.40. The number of rotatable bonds is 4. The minimum atomic E-state index is 0. The van der Waals surface area contributed by atoms with Crippen LogP contribution in [-0.2, 0) is 9.47 Å². The molecule has 0 unspecified atom stereocenters. The summed E-state index contributed by atoms with van der Waals surface area (Å²) >= 11 is 0. The van der Waals surface area contributed by atoms with Gasteiger partial charge in [0.25, 0.3) is 0 Å². The fraction of sp³-hybridized carbons (Fsp3) is 1.00. The van der Waals surface area contributed by atoms with Gasteiger partial charge in [0.15, 0.2) is 0 Å². The lowest BCUT2D eigenvalue weighted by molar-refractivity contribution is -0.00241. The molecule has 0 bridgehead atoms. The van der Waals surface area contributed by atoms with Gasteiger partial charge >= 0.3 is 0 Å². The summed E-state index contributed by atoms with van der Waals surface area (Å²) in [6.45, 7) is 1.42. The minimum absolute atomic E-state index is 0. The van der Waals surface area contributed by atoms with Crippen molar-refractivity contribution in [2.24, 2.45) is 5.73 Å². The Balaban J connectivity index is 0.00000144. The quantitative estimate of drug-likeness (QED) is 0.711. The van der Waals surface area contributed by atoms with Crippen LogP contribution in [0.4, 0.5) is 0 Å². The third-order valence-electron chi connectivity index (χ3n) is 2.36. The highest BCUT2D eigenvalue weighted by atomic mass is 35.5. The van der Waals surface area contributed by atoms with Crippen molar-refractivity contribution in [3.05, 3.63) is 0 Å². The van der Waals surface area contributed by atoms with E-state index < -0.39 is 0 Å². The first-order valence-corrected chi connectivity index (χ1v) is 4.69. The van der Waals surface area contributed by atoms with Crippen LogP contribution in [0.25, 0.3) is 0 Å². The molecule has 0 heterocycles. The van der Waals surface area contributed by atoms with E-state index in [1.54, 1.807) is 7.11 Å². The van der Waals surface area contributed by atoms with E-state index in [0.29, 0.717) is 18.8 Å². The molecule has 0 aliphatic heterocycles. The van der Waals surface area contributed by atoms with Gasteiger partial charge in [0.2, 0.25) is 0 Å². The van der Waals surface area contributed by atoms with E-state index >= 15 is 0 Å². The fourth-order valence-corrected chi connectivity index (χ4v) is 1.55. The number of hydrogen-bond donors (Lipinski definition) is 1. The van der Waals surface area contributed by atoms with E-state index in [1.165, 1.54) is 0 Å². The van der Waals surface area contributed by atoms with Crippen LogP contribution in [0.1, 0.15) is 25.7 Å². The van der Waals surface area contributed by atoms with Crippen LogP contribution >= 0.6 is 12.4 Å². The third kappa shape index (κ3) is 5.47. The second-order valence-electron chi connectivity index (χ2n) is 3.40. The van der Waals surface area contributed by atoms with E-state index in [-0.39, 0.29) is 12.4 Å². The summed E-state index contributed by atoms with van der Waals surface area (Å²) in [6, 6.07) is 0.410. The molecule has 4 heteroatoms. The first-order valence-electron chi connectivity index (χ1n) is 4.69. The molecule has 0 atom stereocenters. The van der Waals surface area contributed by atoms with Gasteiger partial charge in [-0.15, -0.1) is 12.4 Å². The van der Waals surface area contributed by atoms with Crippen molar-refractivity contribution in [2.75, 3.05) is 20.3 Å². The Kier molecular flexibility index (Phi) is 7.66. The maximum atomic E-state index is 5.77. The number of halogens is 1. The molecule has 0 spiro atoms. The number of methoxy groups -OCH3 is 1. The average molecular weight is 210 g/mol. The molecular formula is C9H20ClNO2. The largest absolute Gasteiger partial charge is 0.382 e. The zero-order valence-corrected chi connectivity index (χ0v) is 9.02. The molecule has 1 rings (SSSR count). The molecule has 13 heavy (non-hydrogen) atoms. The van der Waals surface area contributed by atoms with E-state index in [9.17, 15) is 0 Å². The zero-order chi connectivity index (χ0) is 8.81. The summed E-state index contributed by atoms with van der Waals surface area (Å²) < 4.78 is 10.5. The van der Waals surface area contributed by atoms with Crippen molar-refractivity contribution in [3.63, 3.8) is 0 Å². The molecule has 80 valence electrons. The highest BCUT2D eigenvalue weighted by Crippen LogP contribution is 2.19. The van der Waals surface area contributed by atoms with Crippen molar-refractivity contribution >= 4 is 12.4 Å². The Hall–Kier alpha value is 0.170. The maximum absolute atomic E-state index is 5.77. The summed E-state index contributed by atoms with van der Waals surface area (Å²) in [5, 5.41) is 0. The van der Waals surface area contributed by atoms with Crippen LogP contribution in [0.3, 0.4) is 0 Å². The first-order chi connectivity index (χ1) is 5.83. The topological polar surface area (TPSA) is 44.5 Å². The fourth-order valence-electron chi connectivity index (χ4n) is 1.55. The summed E-state index contributed by atoms with van der Waals surface area (Å²) in [4.78, 5) is 0. The van der Waals surface area contributed by atoms with Crippen molar-refractivity contribution < 1.29 is 9.47 Å². The van der Waals surface area contributed by atoms with Crippen LogP contribution in [0.15, 0.2) is 0 Å². The summed E-state index contributed by atoms with van der Waals surface area (Å²) in [7, 11) is 1.69. The van der Waals surface area contributed by atoms with Gasteiger partial charge in [-0.25, -0.2) is 0 Å². The molecule has 0 aromatic heterocycles. The van der Waals surface area contributed by atoms with Gasteiger partial charge in [-0.1, -0.05) is 0 Å². The zero-order valence-electron chi connectivity index (χ0n) is 8.20. The smallest absolute Gasteiger partial charge is 0.0704 e. The molecule has 1 saturated carbocycles. The molecule has 0 aromatic rings. The molecule has 3 nitrogen and oxygen atoms in total. The average Bonchev–Trinajstić information content (AvgIpc) is 2.09. The number of ether oxygens (including phenoxy) is 2. The van der Waals surface area contributed by atoms with Crippen molar-refractivity contribution in [1.82, 2.24) is 0 Å². The van der Waals surface area contributed by atoms with Gasteiger partial charge in [-0.2, -0.15) is 0 Å². The second kappa shape index (κ2) is 7.56. The van der Waals surface area contributed by atoms with E-state index in [1.807, 2.05) is 0 Å². The summed E-state index contributed by atoms with van der Waals surface area (Å²) in [5.74, 6) is 0. The molecule has 0 saturated heterocycles. The number of nitrogens with two attached hydrogens (primary N) is 1. The highest BCUT2D eigenvalue weighted by Gasteiger charge is 2.18. The van der Waals surface area contributed by atoms with Crippen molar-refractivity contribution in [3.8, 4) is 0 Å². The van der Waals surface area contributed by atoms with Gasteiger partial charge in [-0.3, -0.25) is 0 Å². The highest BCUT2D eigenvalue weighted by molar-refractivity contribution is 5.85. The van der Waals surface area contributed by atoms with Crippen LogP contribution in [0.5, 0.6) is 0 Å². The normalized spacial score (nSPS) is 28.2. The predicted octanol–water partition coefficient (Wildman–Crippen LogP) is 1.34. The van der Waals surface area contributed by atoms with Crippen molar-refractivity contribution in [2.45, 2.75) is 37.8 Å². The maximum Gasteiger partial charge on any atom is 0.0704 e. The van der Waals surface area contributed by atoms with Gasteiger partial charge in [0.05, 0.1) is 19.3 Å². The van der Waals surface area contributed by atoms with Gasteiger partial charge in [-0.05, 0) is 25.7 Å². The summed E-state index contributed by atoms with van der Waals surface area (Å²) in [5.41, 5.74) is 5.77. The Morgan fingerprint density at radius 1 is 1.15 bits per heavy atom. The Morgan fingerprint density at radius 2 is 1.77 bits per heavy atom. The monoisotopic (exact) mass is 209 g/mol. The Morgan fingerprint density at radius 3 is 2.31 bits per heavy atom. The first kappa shape index (κ1) is 13.2. The molecule has 2 N–H and O–H groups in total. The standard InChI is InChI=1S/C9H19NO2.ClH/c1-11-6-7-12-9-4-2-8(10)3-5-9;/h8-9H,2-7,10H2,1H3;1H. The van der Waals surface area contributed by atoms with Gasteiger partial charge < -0.3 is 15.2 Å².